The number of benzene rings is 3. The van der Waals surface area contributed by atoms with Crippen molar-refractivity contribution in [2.45, 2.75) is 0 Å². The number of ether oxygens (including phenoxy) is 2. The first-order valence-corrected chi connectivity index (χ1v) is 8.57. The molecule has 1 amide bonds. The second-order valence-electron chi connectivity index (χ2n) is 5.81. The van der Waals surface area contributed by atoms with E-state index in [2.05, 4.69) is 5.32 Å². The molecule has 3 aromatic carbocycles. The van der Waals surface area contributed by atoms with Crippen LogP contribution >= 0.6 is 0 Å². The minimum Gasteiger partial charge on any atom is -0.456 e. The highest BCUT2D eigenvalue weighted by atomic mass is 16.6. The van der Waals surface area contributed by atoms with E-state index >= 15 is 0 Å². The van der Waals surface area contributed by atoms with E-state index in [1.807, 2.05) is 6.07 Å². The van der Waals surface area contributed by atoms with Crippen molar-refractivity contribution < 1.29 is 24.0 Å². The van der Waals surface area contributed by atoms with E-state index in [0.29, 0.717) is 5.75 Å². The number of amides is 1. The summed E-state index contributed by atoms with van der Waals surface area (Å²) in [4.78, 5) is 34.8. The Morgan fingerprint density at radius 3 is 2.31 bits per heavy atom. The average molecular weight is 392 g/mol. The SMILES string of the molecule is O=C(COC(=O)c1ccccc1Oc1ccccc1)Nc1ccccc1[N+](=O)[O-]. The molecule has 0 aliphatic rings. The topological polar surface area (TPSA) is 108 Å². The van der Waals surface area contributed by atoms with Crippen molar-refractivity contribution in [1.82, 2.24) is 0 Å². The minimum atomic E-state index is -0.755. The highest BCUT2D eigenvalue weighted by molar-refractivity contribution is 5.97. The molecule has 1 N–H and O–H groups in total. The van der Waals surface area contributed by atoms with E-state index in [9.17, 15) is 19.7 Å². The lowest BCUT2D eigenvalue weighted by molar-refractivity contribution is -0.383. The minimum absolute atomic E-state index is 0.0198. The van der Waals surface area contributed by atoms with Crippen molar-refractivity contribution in [3.8, 4) is 11.5 Å². The van der Waals surface area contributed by atoms with E-state index in [1.165, 1.54) is 24.3 Å². The standard InChI is InChI=1S/C21H16N2O6/c24-20(22-17-11-5-6-12-18(17)23(26)27)14-28-21(25)16-10-4-7-13-19(16)29-15-8-2-1-3-9-15/h1-13H,14H2,(H,22,24). The summed E-state index contributed by atoms with van der Waals surface area (Å²) in [6, 6.07) is 21.1. The zero-order chi connectivity index (χ0) is 20.6. The molecule has 0 saturated heterocycles. The molecule has 146 valence electrons. The maximum absolute atomic E-state index is 12.4. The molecule has 8 nitrogen and oxygen atoms in total. The smallest absolute Gasteiger partial charge is 0.342 e. The number of rotatable bonds is 7. The summed E-state index contributed by atoms with van der Waals surface area (Å²) in [5.74, 6) is -0.631. The summed E-state index contributed by atoms with van der Waals surface area (Å²) in [5, 5.41) is 13.4. The first-order valence-electron chi connectivity index (χ1n) is 8.57. The lowest BCUT2D eigenvalue weighted by Gasteiger charge is -2.11. The van der Waals surface area contributed by atoms with Gasteiger partial charge in [0.05, 0.1) is 4.92 Å². The Labute approximate surface area is 165 Å². The van der Waals surface area contributed by atoms with Crippen molar-refractivity contribution in [2.75, 3.05) is 11.9 Å². The quantitative estimate of drug-likeness (QED) is 0.367. The van der Waals surface area contributed by atoms with Crippen molar-refractivity contribution in [2.24, 2.45) is 0 Å². The predicted octanol–water partition coefficient (Wildman–Crippen LogP) is 4.18. The van der Waals surface area contributed by atoms with Gasteiger partial charge in [0.2, 0.25) is 0 Å². The molecule has 0 bridgehead atoms. The molecule has 0 saturated carbocycles. The van der Waals surface area contributed by atoms with Crippen LogP contribution in [0.5, 0.6) is 11.5 Å². The van der Waals surface area contributed by atoms with Crippen LogP contribution < -0.4 is 10.1 Å². The van der Waals surface area contributed by atoms with E-state index in [-0.39, 0.29) is 22.7 Å². The van der Waals surface area contributed by atoms with Crippen LogP contribution in [-0.4, -0.2) is 23.4 Å². The number of para-hydroxylation sites is 4. The number of nitrogens with one attached hydrogen (secondary N) is 1. The zero-order valence-electron chi connectivity index (χ0n) is 15.1. The Bertz CT molecular complexity index is 1040. The molecule has 0 aliphatic heterocycles. The summed E-state index contributed by atoms with van der Waals surface area (Å²) < 4.78 is 10.7. The lowest BCUT2D eigenvalue weighted by Crippen LogP contribution is -2.21. The van der Waals surface area contributed by atoms with Crippen molar-refractivity contribution >= 4 is 23.3 Å². The molecule has 0 radical (unpaired) electrons. The van der Waals surface area contributed by atoms with Crippen molar-refractivity contribution in [3.63, 3.8) is 0 Å². The third-order valence-electron chi connectivity index (χ3n) is 3.79. The van der Waals surface area contributed by atoms with Crippen LogP contribution in [0.25, 0.3) is 0 Å². The number of nitro groups is 1. The van der Waals surface area contributed by atoms with Crippen LogP contribution in [0.4, 0.5) is 11.4 Å². The molecule has 8 heteroatoms. The molecular formula is C21H16N2O6. The Kier molecular flexibility index (Phi) is 6.16. The normalized spacial score (nSPS) is 10.1. The number of anilines is 1. The molecule has 3 rings (SSSR count). The van der Waals surface area contributed by atoms with E-state index in [4.69, 9.17) is 9.47 Å². The van der Waals surface area contributed by atoms with Gasteiger partial charge in [0, 0.05) is 6.07 Å². The van der Waals surface area contributed by atoms with Crippen LogP contribution in [0.15, 0.2) is 78.9 Å². The number of carbonyl (C=O) groups excluding carboxylic acids is 2. The molecule has 0 heterocycles. The number of hydrogen-bond donors (Lipinski definition) is 1. The highest BCUT2D eigenvalue weighted by Crippen LogP contribution is 2.26. The van der Waals surface area contributed by atoms with Gasteiger partial charge in [-0.1, -0.05) is 42.5 Å². The van der Waals surface area contributed by atoms with Gasteiger partial charge in [-0.05, 0) is 30.3 Å². The third kappa shape index (κ3) is 5.16. The maximum atomic E-state index is 12.4. The number of hydrogen-bond acceptors (Lipinski definition) is 6. The zero-order valence-corrected chi connectivity index (χ0v) is 15.1. The maximum Gasteiger partial charge on any atom is 0.342 e. The van der Waals surface area contributed by atoms with E-state index in [0.717, 1.165) is 0 Å². The predicted molar refractivity (Wildman–Crippen MR) is 105 cm³/mol. The fraction of sp³-hybridized carbons (Fsp3) is 0.0476. The molecule has 0 fully saturated rings. The van der Waals surface area contributed by atoms with Gasteiger partial charge < -0.3 is 14.8 Å². The third-order valence-corrected chi connectivity index (χ3v) is 3.79. The highest BCUT2D eigenvalue weighted by Gasteiger charge is 2.18. The van der Waals surface area contributed by atoms with Gasteiger partial charge in [0.25, 0.3) is 11.6 Å². The fourth-order valence-corrected chi connectivity index (χ4v) is 2.47. The largest absolute Gasteiger partial charge is 0.456 e. The van der Waals surface area contributed by atoms with Gasteiger partial charge in [-0.2, -0.15) is 0 Å². The molecular weight excluding hydrogens is 376 g/mol. The van der Waals surface area contributed by atoms with E-state index < -0.39 is 23.4 Å². The fourth-order valence-electron chi connectivity index (χ4n) is 2.47. The van der Waals surface area contributed by atoms with Crippen LogP contribution in [0.1, 0.15) is 10.4 Å². The first kappa shape index (κ1) is 19.6. The molecule has 0 spiro atoms. The Balaban J connectivity index is 1.64. The monoisotopic (exact) mass is 392 g/mol. The molecule has 0 aliphatic carbocycles. The first-order chi connectivity index (χ1) is 14.0. The molecule has 29 heavy (non-hydrogen) atoms. The lowest BCUT2D eigenvalue weighted by atomic mass is 10.2. The molecule has 0 atom stereocenters. The molecule has 0 unspecified atom stereocenters. The number of nitro benzene ring substituents is 1. The van der Waals surface area contributed by atoms with Gasteiger partial charge in [0.1, 0.15) is 22.7 Å². The van der Waals surface area contributed by atoms with Gasteiger partial charge in [-0.3, -0.25) is 14.9 Å². The van der Waals surface area contributed by atoms with Gasteiger partial charge in [0.15, 0.2) is 6.61 Å². The van der Waals surface area contributed by atoms with Gasteiger partial charge >= 0.3 is 5.97 Å². The Morgan fingerprint density at radius 2 is 1.55 bits per heavy atom. The number of esters is 1. The van der Waals surface area contributed by atoms with Crippen LogP contribution in [0.3, 0.4) is 0 Å². The average Bonchev–Trinajstić information content (AvgIpc) is 2.73. The van der Waals surface area contributed by atoms with Crippen molar-refractivity contribution in [3.05, 3.63) is 94.5 Å². The molecule has 3 aromatic rings. The Hall–Kier alpha value is -4.20. The summed E-state index contributed by atoms with van der Waals surface area (Å²) >= 11 is 0. The number of carbonyl (C=O) groups is 2. The van der Waals surface area contributed by atoms with Gasteiger partial charge in [-0.15, -0.1) is 0 Å². The summed E-state index contributed by atoms with van der Waals surface area (Å²) in [5.41, 5.74) is -0.0880. The summed E-state index contributed by atoms with van der Waals surface area (Å²) in [6.45, 7) is -0.607. The summed E-state index contributed by atoms with van der Waals surface area (Å²) in [6.07, 6.45) is 0. The van der Waals surface area contributed by atoms with Gasteiger partial charge in [-0.25, -0.2) is 4.79 Å². The number of nitrogens with zero attached hydrogens (tertiary/aromatic N) is 1. The Morgan fingerprint density at radius 1 is 0.897 bits per heavy atom. The van der Waals surface area contributed by atoms with Crippen LogP contribution in [0, 0.1) is 10.1 Å². The van der Waals surface area contributed by atoms with Crippen LogP contribution in [-0.2, 0) is 9.53 Å². The van der Waals surface area contributed by atoms with Crippen molar-refractivity contribution in [1.29, 1.82) is 0 Å². The second kappa shape index (κ2) is 9.14. The van der Waals surface area contributed by atoms with Crippen LogP contribution in [0.2, 0.25) is 0 Å². The second-order valence-corrected chi connectivity index (χ2v) is 5.81. The molecule has 0 aromatic heterocycles. The van der Waals surface area contributed by atoms with E-state index in [1.54, 1.807) is 48.5 Å². The summed E-state index contributed by atoms with van der Waals surface area (Å²) in [7, 11) is 0.